The molecular weight excluding hydrogens is 164 g/mol. The van der Waals surface area contributed by atoms with Crippen LogP contribution in [-0.2, 0) is 4.79 Å². The van der Waals surface area contributed by atoms with Crippen LogP contribution in [0.1, 0.15) is 33.1 Å². The van der Waals surface area contributed by atoms with Gasteiger partial charge in [0.05, 0.1) is 6.04 Å². The first-order valence-corrected chi connectivity index (χ1v) is 5.31. The van der Waals surface area contributed by atoms with Crippen LogP contribution in [0.5, 0.6) is 0 Å². The van der Waals surface area contributed by atoms with Gasteiger partial charge in [0.1, 0.15) is 0 Å². The topological polar surface area (TPSA) is 32.3 Å². The van der Waals surface area contributed by atoms with Crippen molar-refractivity contribution in [3.8, 4) is 0 Å². The number of amides is 1. The third kappa shape index (κ3) is 2.69. The van der Waals surface area contributed by atoms with Crippen LogP contribution in [-0.4, -0.2) is 36.5 Å². The molecule has 1 atom stereocenters. The van der Waals surface area contributed by atoms with Crippen molar-refractivity contribution in [3.63, 3.8) is 0 Å². The zero-order valence-electron chi connectivity index (χ0n) is 8.68. The SMILES string of the molecule is CCN(CC)C(=O)C1CCCCN1. The Morgan fingerprint density at radius 1 is 1.38 bits per heavy atom. The van der Waals surface area contributed by atoms with E-state index in [0.717, 1.165) is 26.1 Å². The minimum atomic E-state index is 0.0913. The Labute approximate surface area is 80.5 Å². The van der Waals surface area contributed by atoms with Crippen molar-refractivity contribution in [2.75, 3.05) is 19.6 Å². The van der Waals surface area contributed by atoms with Gasteiger partial charge >= 0.3 is 0 Å². The Bertz CT molecular complexity index is 160. The van der Waals surface area contributed by atoms with Gasteiger partial charge < -0.3 is 10.2 Å². The molecule has 1 unspecified atom stereocenters. The third-order valence-corrected chi connectivity index (χ3v) is 2.68. The van der Waals surface area contributed by atoms with Crippen LogP contribution in [0.15, 0.2) is 0 Å². The first kappa shape index (κ1) is 10.5. The predicted molar refractivity (Wildman–Crippen MR) is 53.6 cm³/mol. The number of carbonyl (C=O) groups excluding carboxylic acids is 1. The zero-order valence-corrected chi connectivity index (χ0v) is 8.68. The van der Waals surface area contributed by atoms with E-state index < -0.39 is 0 Å². The van der Waals surface area contributed by atoms with E-state index in [1.165, 1.54) is 12.8 Å². The van der Waals surface area contributed by atoms with Gasteiger partial charge in [0, 0.05) is 13.1 Å². The Balaban J connectivity index is 2.44. The maximum absolute atomic E-state index is 11.8. The lowest BCUT2D eigenvalue weighted by Crippen LogP contribution is -2.48. The average molecular weight is 184 g/mol. The Kier molecular flexibility index (Phi) is 4.22. The fourth-order valence-electron chi connectivity index (χ4n) is 1.82. The van der Waals surface area contributed by atoms with Gasteiger partial charge in [0.2, 0.25) is 5.91 Å². The molecule has 0 bridgehead atoms. The molecule has 3 heteroatoms. The molecule has 1 N–H and O–H groups in total. The van der Waals surface area contributed by atoms with Crippen LogP contribution >= 0.6 is 0 Å². The van der Waals surface area contributed by atoms with Gasteiger partial charge in [-0.15, -0.1) is 0 Å². The smallest absolute Gasteiger partial charge is 0.239 e. The molecule has 0 aromatic heterocycles. The summed E-state index contributed by atoms with van der Waals surface area (Å²) in [5.41, 5.74) is 0. The summed E-state index contributed by atoms with van der Waals surface area (Å²) in [6.45, 7) is 6.72. The predicted octanol–water partition coefficient (Wildman–Crippen LogP) is 0.997. The molecular formula is C10H20N2O. The first-order chi connectivity index (χ1) is 6.29. The molecule has 1 saturated heterocycles. The molecule has 3 nitrogen and oxygen atoms in total. The van der Waals surface area contributed by atoms with Crippen molar-refractivity contribution < 1.29 is 4.79 Å². The maximum Gasteiger partial charge on any atom is 0.239 e. The van der Waals surface area contributed by atoms with Crippen LogP contribution in [0, 0.1) is 0 Å². The second-order valence-corrected chi connectivity index (χ2v) is 3.51. The largest absolute Gasteiger partial charge is 0.342 e. The van der Waals surface area contributed by atoms with E-state index in [-0.39, 0.29) is 11.9 Å². The Morgan fingerprint density at radius 3 is 2.54 bits per heavy atom. The Hall–Kier alpha value is -0.570. The van der Waals surface area contributed by atoms with E-state index in [1.807, 2.05) is 18.7 Å². The maximum atomic E-state index is 11.8. The number of rotatable bonds is 3. The standard InChI is InChI=1S/C10H20N2O/c1-3-12(4-2)10(13)9-7-5-6-8-11-9/h9,11H,3-8H2,1-2H3. The number of piperidine rings is 1. The van der Waals surface area contributed by atoms with Crippen molar-refractivity contribution in [1.82, 2.24) is 10.2 Å². The number of nitrogens with zero attached hydrogens (tertiary/aromatic N) is 1. The van der Waals surface area contributed by atoms with Crippen molar-refractivity contribution in [1.29, 1.82) is 0 Å². The quantitative estimate of drug-likeness (QED) is 0.709. The second-order valence-electron chi connectivity index (χ2n) is 3.51. The van der Waals surface area contributed by atoms with E-state index in [4.69, 9.17) is 0 Å². The number of likely N-dealkylation sites (N-methyl/N-ethyl adjacent to an activating group) is 1. The van der Waals surface area contributed by atoms with Crippen molar-refractivity contribution in [3.05, 3.63) is 0 Å². The van der Waals surface area contributed by atoms with Gasteiger partial charge in [-0.1, -0.05) is 6.42 Å². The summed E-state index contributed by atoms with van der Waals surface area (Å²) in [5.74, 6) is 0.282. The van der Waals surface area contributed by atoms with E-state index in [0.29, 0.717) is 0 Å². The zero-order chi connectivity index (χ0) is 9.68. The van der Waals surface area contributed by atoms with Crippen LogP contribution in [0.25, 0.3) is 0 Å². The summed E-state index contributed by atoms with van der Waals surface area (Å²) in [6.07, 6.45) is 3.40. The van der Waals surface area contributed by atoms with Gasteiger partial charge in [0.25, 0.3) is 0 Å². The molecule has 1 heterocycles. The molecule has 1 rings (SSSR count). The van der Waals surface area contributed by atoms with Crippen LogP contribution < -0.4 is 5.32 Å². The van der Waals surface area contributed by atoms with Gasteiger partial charge in [-0.25, -0.2) is 0 Å². The van der Waals surface area contributed by atoms with E-state index in [2.05, 4.69) is 5.32 Å². The molecule has 0 spiro atoms. The van der Waals surface area contributed by atoms with Gasteiger partial charge in [0.15, 0.2) is 0 Å². The third-order valence-electron chi connectivity index (χ3n) is 2.68. The summed E-state index contributed by atoms with van der Waals surface area (Å²) in [6, 6.07) is 0.0913. The van der Waals surface area contributed by atoms with Gasteiger partial charge in [-0.3, -0.25) is 4.79 Å². The number of hydrogen-bond acceptors (Lipinski definition) is 2. The fourth-order valence-corrected chi connectivity index (χ4v) is 1.82. The van der Waals surface area contributed by atoms with Gasteiger partial charge in [-0.05, 0) is 33.2 Å². The summed E-state index contributed by atoms with van der Waals surface area (Å²) in [7, 11) is 0. The molecule has 1 aliphatic heterocycles. The molecule has 0 aliphatic carbocycles. The molecule has 0 saturated carbocycles. The molecule has 0 aromatic carbocycles. The summed E-state index contributed by atoms with van der Waals surface area (Å²) in [4.78, 5) is 13.7. The average Bonchev–Trinajstić information content (AvgIpc) is 2.21. The van der Waals surface area contributed by atoms with E-state index >= 15 is 0 Å². The highest BCUT2D eigenvalue weighted by Crippen LogP contribution is 2.09. The summed E-state index contributed by atoms with van der Waals surface area (Å²) in [5, 5.41) is 3.28. The molecule has 1 amide bonds. The van der Waals surface area contributed by atoms with Gasteiger partial charge in [-0.2, -0.15) is 0 Å². The van der Waals surface area contributed by atoms with Crippen LogP contribution in [0.2, 0.25) is 0 Å². The lowest BCUT2D eigenvalue weighted by molar-refractivity contribution is -0.133. The molecule has 1 fully saturated rings. The highest BCUT2D eigenvalue weighted by Gasteiger charge is 2.23. The van der Waals surface area contributed by atoms with Crippen molar-refractivity contribution in [2.45, 2.75) is 39.2 Å². The first-order valence-electron chi connectivity index (χ1n) is 5.31. The lowest BCUT2D eigenvalue weighted by atomic mass is 10.0. The number of carbonyl (C=O) groups is 1. The normalized spacial score (nSPS) is 22.8. The monoisotopic (exact) mass is 184 g/mol. The van der Waals surface area contributed by atoms with E-state index in [1.54, 1.807) is 0 Å². The second kappa shape index (κ2) is 5.22. The molecule has 1 aliphatic rings. The minimum absolute atomic E-state index is 0.0913. The fraction of sp³-hybridized carbons (Fsp3) is 0.900. The highest BCUT2D eigenvalue weighted by molar-refractivity contribution is 5.81. The molecule has 76 valence electrons. The highest BCUT2D eigenvalue weighted by atomic mass is 16.2. The Morgan fingerprint density at radius 2 is 2.08 bits per heavy atom. The van der Waals surface area contributed by atoms with E-state index in [9.17, 15) is 4.79 Å². The summed E-state index contributed by atoms with van der Waals surface area (Å²) >= 11 is 0. The van der Waals surface area contributed by atoms with Crippen molar-refractivity contribution in [2.24, 2.45) is 0 Å². The van der Waals surface area contributed by atoms with Crippen LogP contribution in [0.4, 0.5) is 0 Å². The van der Waals surface area contributed by atoms with Crippen molar-refractivity contribution >= 4 is 5.91 Å². The number of hydrogen-bond donors (Lipinski definition) is 1. The minimum Gasteiger partial charge on any atom is -0.342 e. The summed E-state index contributed by atoms with van der Waals surface area (Å²) < 4.78 is 0. The molecule has 13 heavy (non-hydrogen) atoms. The molecule has 0 radical (unpaired) electrons. The molecule has 0 aromatic rings. The lowest BCUT2D eigenvalue weighted by Gasteiger charge is -2.28. The number of nitrogens with one attached hydrogen (secondary N) is 1. The van der Waals surface area contributed by atoms with Crippen LogP contribution in [0.3, 0.4) is 0 Å².